The lowest BCUT2D eigenvalue weighted by Gasteiger charge is -1.99. The number of allylic oxidation sites excluding steroid dienone is 3. The van der Waals surface area contributed by atoms with Crippen molar-refractivity contribution in [2.45, 2.75) is 57.8 Å². The van der Waals surface area contributed by atoms with Gasteiger partial charge < -0.3 is 4.79 Å². The molecule has 0 aliphatic carbocycles. The van der Waals surface area contributed by atoms with Gasteiger partial charge >= 0.3 is 0 Å². The highest BCUT2D eigenvalue weighted by Gasteiger charge is 1.90. The van der Waals surface area contributed by atoms with Gasteiger partial charge in [-0.2, -0.15) is 0 Å². The molecule has 0 unspecified atom stereocenters. The molecule has 0 saturated heterocycles. The van der Waals surface area contributed by atoms with Crippen molar-refractivity contribution >= 4 is 12.2 Å². The zero-order chi connectivity index (χ0) is 11.9. The van der Waals surface area contributed by atoms with Gasteiger partial charge in [-0.3, -0.25) is 0 Å². The Morgan fingerprint density at radius 3 is 1.94 bits per heavy atom. The van der Waals surface area contributed by atoms with Crippen LogP contribution in [0.5, 0.6) is 0 Å². The van der Waals surface area contributed by atoms with Crippen molar-refractivity contribution < 1.29 is 9.59 Å². The van der Waals surface area contributed by atoms with Crippen molar-refractivity contribution in [3.05, 3.63) is 18.2 Å². The monoisotopic (exact) mass is 222 g/mol. The van der Waals surface area contributed by atoms with E-state index in [9.17, 15) is 9.59 Å². The normalized spacial score (nSPS) is 10.2. The number of hydrogen-bond donors (Lipinski definition) is 0. The summed E-state index contributed by atoms with van der Waals surface area (Å²) in [6, 6.07) is 0. The average Bonchev–Trinajstić information content (AvgIpc) is 2.31. The molecule has 0 saturated carbocycles. The molecule has 0 aliphatic heterocycles. The molecule has 0 atom stereocenters. The summed E-state index contributed by atoms with van der Waals surface area (Å²) in [5, 5.41) is 0. The van der Waals surface area contributed by atoms with E-state index in [4.69, 9.17) is 0 Å². The van der Waals surface area contributed by atoms with Gasteiger partial charge in [0.1, 0.15) is 12.2 Å². The summed E-state index contributed by atoms with van der Waals surface area (Å²) in [5.41, 5.74) is 0. The summed E-state index contributed by atoms with van der Waals surface area (Å²) in [6.07, 6.45) is 16.4. The third-order valence-electron chi connectivity index (χ3n) is 2.49. The first-order valence-corrected chi connectivity index (χ1v) is 6.21. The molecule has 0 rings (SSSR count). The molecule has 0 radical (unpaired) electrons. The molecule has 0 fully saturated rings. The van der Waals surface area contributed by atoms with Crippen molar-refractivity contribution in [2.75, 3.05) is 0 Å². The fraction of sp³-hybridized carbons (Fsp3) is 0.643. The average molecular weight is 222 g/mol. The van der Waals surface area contributed by atoms with Gasteiger partial charge in [-0.25, -0.2) is 4.79 Å². The van der Waals surface area contributed by atoms with Gasteiger partial charge in [-0.05, 0) is 19.3 Å². The maximum absolute atomic E-state index is 10.1. The Balaban J connectivity index is 3.03. The van der Waals surface area contributed by atoms with Crippen LogP contribution in [-0.2, 0) is 9.59 Å². The van der Waals surface area contributed by atoms with Gasteiger partial charge in [0, 0.05) is 12.5 Å². The molecule has 16 heavy (non-hydrogen) atoms. The zero-order valence-corrected chi connectivity index (χ0v) is 9.99. The van der Waals surface area contributed by atoms with Crippen LogP contribution in [0, 0.1) is 0 Å². The number of aldehydes is 1. The maximum atomic E-state index is 10.1. The Morgan fingerprint density at radius 2 is 1.38 bits per heavy atom. The highest BCUT2D eigenvalue weighted by atomic mass is 16.1. The van der Waals surface area contributed by atoms with Crippen molar-refractivity contribution in [1.82, 2.24) is 0 Å². The molecule has 0 heterocycles. The molecule has 0 amide bonds. The maximum Gasteiger partial charge on any atom is 0.124 e. The Bertz CT molecular complexity index is 225. The first-order chi connectivity index (χ1) is 7.91. The van der Waals surface area contributed by atoms with E-state index < -0.39 is 0 Å². The summed E-state index contributed by atoms with van der Waals surface area (Å²) in [6.45, 7) is 0. The van der Waals surface area contributed by atoms with E-state index in [0.717, 1.165) is 25.5 Å². The molecule has 0 aromatic heterocycles. The minimum atomic E-state index is 0.717. The molecule has 2 nitrogen and oxygen atoms in total. The smallest absolute Gasteiger partial charge is 0.124 e. The van der Waals surface area contributed by atoms with Crippen molar-refractivity contribution in [3.8, 4) is 0 Å². The zero-order valence-electron chi connectivity index (χ0n) is 9.99. The third-order valence-corrected chi connectivity index (χ3v) is 2.49. The number of unbranched alkanes of at least 4 members (excludes halogenated alkanes) is 8. The van der Waals surface area contributed by atoms with Crippen molar-refractivity contribution in [1.29, 1.82) is 0 Å². The number of rotatable bonds is 11. The van der Waals surface area contributed by atoms with E-state index >= 15 is 0 Å². The number of carbonyl (C=O) groups excluding carboxylic acids is 2. The molecule has 0 spiro atoms. The highest BCUT2D eigenvalue weighted by molar-refractivity contribution is 5.49. The topological polar surface area (TPSA) is 34.1 Å². The first kappa shape index (κ1) is 14.9. The van der Waals surface area contributed by atoms with Gasteiger partial charge in [-0.1, -0.05) is 44.3 Å². The number of carbonyl (C=O) groups is 1. The number of hydrogen-bond acceptors (Lipinski definition) is 2. The molecular weight excluding hydrogens is 200 g/mol. The van der Waals surface area contributed by atoms with Crippen LogP contribution in [0.4, 0.5) is 0 Å². The summed E-state index contributed by atoms with van der Waals surface area (Å²) in [7, 11) is 0. The predicted molar refractivity (Wildman–Crippen MR) is 67.0 cm³/mol. The van der Waals surface area contributed by atoms with Crippen LogP contribution in [0.1, 0.15) is 57.8 Å². The Hall–Kier alpha value is -1.14. The lowest BCUT2D eigenvalue weighted by atomic mass is 10.1. The van der Waals surface area contributed by atoms with E-state index in [-0.39, 0.29) is 0 Å². The Labute approximate surface area is 98.4 Å². The Morgan fingerprint density at radius 1 is 0.812 bits per heavy atom. The van der Waals surface area contributed by atoms with Crippen LogP contribution in [0.3, 0.4) is 0 Å². The van der Waals surface area contributed by atoms with E-state index in [0.29, 0.717) is 0 Å². The standard InChI is InChI=1S/C14H22O2/c15-13-11-9-7-5-3-1-2-4-6-8-10-12-14-16/h7,9,11,14H,1-6,8,10,12H2. The molecule has 0 aromatic rings. The SMILES string of the molecule is O=C=CC=CCCCCCCCCCC=O. The predicted octanol–water partition coefficient (Wildman–Crippen LogP) is 3.64. The van der Waals surface area contributed by atoms with Gasteiger partial charge in [0.25, 0.3) is 0 Å². The van der Waals surface area contributed by atoms with Gasteiger partial charge in [0.15, 0.2) is 0 Å². The molecule has 0 aliphatic rings. The van der Waals surface area contributed by atoms with Gasteiger partial charge in [0.05, 0.1) is 0 Å². The van der Waals surface area contributed by atoms with Gasteiger partial charge in [-0.15, -0.1) is 0 Å². The second-order valence-corrected chi connectivity index (χ2v) is 3.93. The second kappa shape index (κ2) is 13.9. The van der Waals surface area contributed by atoms with Gasteiger partial charge in [0.2, 0.25) is 0 Å². The quantitative estimate of drug-likeness (QED) is 0.231. The van der Waals surface area contributed by atoms with E-state index in [1.807, 2.05) is 6.08 Å². The molecule has 0 bridgehead atoms. The lowest BCUT2D eigenvalue weighted by Crippen LogP contribution is -1.81. The minimum absolute atomic E-state index is 0.717. The van der Waals surface area contributed by atoms with E-state index in [2.05, 4.69) is 0 Å². The molecular formula is C14H22O2. The summed E-state index contributed by atoms with van der Waals surface area (Å²) in [5.74, 6) is 1.72. The van der Waals surface area contributed by atoms with Crippen LogP contribution >= 0.6 is 0 Å². The summed E-state index contributed by atoms with van der Waals surface area (Å²) < 4.78 is 0. The first-order valence-electron chi connectivity index (χ1n) is 6.21. The largest absolute Gasteiger partial charge is 0.303 e. The van der Waals surface area contributed by atoms with Crippen molar-refractivity contribution in [2.24, 2.45) is 0 Å². The lowest BCUT2D eigenvalue weighted by molar-refractivity contribution is -0.107. The Kier molecular flexibility index (Phi) is 12.9. The molecule has 90 valence electrons. The summed E-state index contributed by atoms with van der Waals surface area (Å²) >= 11 is 0. The van der Waals surface area contributed by atoms with Crippen LogP contribution in [0.15, 0.2) is 18.2 Å². The van der Waals surface area contributed by atoms with Crippen LogP contribution in [0.25, 0.3) is 0 Å². The molecule has 0 N–H and O–H groups in total. The van der Waals surface area contributed by atoms with Crippen LogP contribution in [-0.4, -0.2) is 12.2 Å². The van der Waals surface area contributed by atoms with E-state index in [1.165, 1.54) is 44.6 Å². The van der Waals surface area contributed by atoms with Crippen LogP contribution < -0.4 is 0 Å². The van der Waals surface area contributed by atoms with Crippen LogP contribution in [0.2, 0.25) is 0 Å². The van der Waals surface area contributed by atoms with Crippen molar-refractivity contribution in [3.63, 3.8) is 0 Å². The second-order valence-electron chi connectivity index (χ2n) is 3.93. The minimum Gasteiger partial charge on any atom is -0.303 e. The highest BCUT2D eigenvalue weighted by Crippen LogP contribution is 2.09. The molecule has 2 heteroatoms. The third kappa shape index (κ3) is 12.9. The van der Waals surface area contributed by atoms with E-state index in [1.54, 1.807) is 12.0 Å². The molecule has 0 aromatic carbocycles. The fourth-order valence-electron chi connectivity index (χ4n) is 1.58. The fourth-order valence-corrected chi connectivity index (χ4v) is 1.58. The summed E-state index contributed by atoms with van der Waals surface area (Å²) in [4.78, 5) is 19.9.